The molecule has 0 radical (unpaired) electrons. The van der Waals surface area contributed by atoms with Crippen LogP contribution in [0.25, 0.3) is 22.4 Å². The molecule has 0 amide bonds. The van der Waals surface area contributed by atoms with Crippen LogP contribution in [-0.4, -0.2) is 15.0 Å². The second-order valence-corrected chi connectivity index (χ2v) is 5.96. The van der Waals surface area contributed by atoms with Gasteiger partial charge in [0.1, 0.15) is 17.6 Å². The molecule has 2 heterocycles. The highest BCUT2D eigenvalue weighted by Crippen LogP contribution is 2.28. The van der Waals surface area contributed by atoms with Crippen LogP contribution in [0.15, 0.2) is 76.6 Å². The monoisotopic (exact) mass is 319 g/mol. The first kappa shape index (κ1) is 14.0. The highest BCUT2D eigenvalue weighted by molar-refractivity contribution is 7.98. The Hall–Kier alpha value is -2.66. The minimum Gasteiger partial charge on any atom is -0.444 e. The van der Waals surface area contributed by atoms with Gasteiger partial charge in [0.25, 0.3) is 0 Å². The van der Waals surface area contributed by atoms with E-state index in [4.69, 9.17) is 4.42 Å². The topological polar surface area (TPSA) is 51.8 Å². The number of hydrogen-bond acceptors (Lipinski definition) is 5. The molecular formula is C18H13N3OS. The second-order valence-electron chi connectivity index (χ2n) is 4.99. The maximum atomic E-state index is 5.57. The molecule has 0 N–H and O–H groups in total. The summed E-state index contributed by atoms with van der Waals surface area (Å²) >= 11 is 1.64. The van der Waals surface area contributed by atoms with Gasteiger partial charge < -0.3 is 4.42 Å². The summed E-state index contributed by atoms with van der Waals surface area (Å²) in [6, 6.07) is 17.9. The second kappa shape index (κ2) is 6.22. The van der Waals surface area contributed by atoms with E-state index in [1.165, 1.54) is 0 Å². The molecule has 5 heteroatoms. The standard InChI is InChI=1S/C18H13N3OS/c1-2-6-13(7-3-1)17-21-14(10-22-17)11-23-18-15-8-4-5-9-16(15)19-12-20-18/h1-10,12H,11H2. The number of para-hydroxylation sites is 1. The predicted octanol–water partition coefficient (Wildman–Crippen LogP) is 4.58. The zero-order valence-electron chi connectivity index (χ0n) is 12.2. The normalized spacial score (nSPS) is 11.0. The molecule has 0 aliphatic carbocycles. The van der Waals surface area contributed by atoms with Crippen molar-refractivity contribution in [1.82, 2.24) is 15.0 Å². The third-order valence-corrected chi connectivity index (χ3v) is 4.47. The zero-order chi connectivity index (χ0) is 15.5. The molecule has 4 nitrogen and oxygen atoms in total. The molecule has 4 aromatic rings. The molecule has 0 fully saturated rings. The summed E-state index contributed by atoms with van der Waals surface area (Å²) in [4.78, 5) is 13.2. The first-order valence-electron chi connectivity index (χ1n) is 7.22. The molecule has 2 aromatic heterocycles. The fourth-order valence-corrected chi connectivity index (χ4v) is 3.19. The summed E-state index contributed by atoms with van der Waals surface area (Å²) in [5, 5.41) is 2.02. The molecule has 4 rings (SSSR count). The highest BCUT2D eigenvalue weighted by atomic mass is 32.2. The Morgan fingerprint density at radius 3 is 2.65 bits per heavy atom. The number of rotatable bonds is 4. The van der Waals surface area contributed by atoms with Crippen LogP contribution >= 0.6 is 11.8 Å². The van der Waals surface area contributed by atoms with Crippen molar-refractivity contribution in [2.75, 3.05) is 0 Å². The Balaban J connectivity index is 1.54. The molecule has 2 aromatic carbocycles. The minimum absolute atomic E-state index is 0.647. The fraction of sp³-hybridized carbons (Fsp3) is 0.0556. The van der Waals surface area contributed by atoms with Crippen molar-refractivity contribution in [3.8, 4) is 11.5 Å². The van der Waals surface area contributed by atoms with E-state index in [0.29, 0.717) is 11.6 Å². The van der Waals surface area contributed by atoms with Crippen LogP contribution < -0.4 is 0 Å². The Morgan fingerprint density at radius 2 is 1.74 bits per heavy atom. The summed E-state index contributed by atoms with van der Waals surface area (Å²) in [6.45, 7) is 0. The van der Waals surface area contributed by atoms with Gasteiger partial charge in [-0.2, -0.15) is 0 Å². The molecule has 0 spiro atoms. The number of oxazole rings is 1. The molecule has 112 valence electrons. The number of benzene rings is 2. The van der Waals surface area contributed by atoms with Crippen LogP contribution in [0.1, 0.15) is 5.69 Å². The van der Waals surface area contributed by atoms with Crippen molar-refractivity contribution >= 4 is 22.7 Å². The average Bonchev–Trinajstić information content (AvgIpc) is 3.10. The third-order valence-electron chi connectivity index (χ3n) is 3.44. The summed E-state index contributed by atoms with van der Waals surface area (Å²) in [5.41, 5.74) is 2.84. The molecule has 0 saturated carbocycles. The molecule has 0 unspecified atom stereocenters. The highest BCUT2D eigenvalue weighted by Gasteiger charge is 2.09. The van der Waals surface area contributed by atoms with Crippen molar-refractivity contribution in [2.24, 2.45) is 0 Å². The van der Waals surface area contributed by atoms with E-state index in [1.54, 1.807) is 24.4 Å². The lowest BCUT2D eigenvalue weighted by molar-refractivity contribution is 0.573. The van der Waals surface area contributed by atoms with Gasteiger partial charge >= 0.3 is 0 Å². The van der Waals surface area contributed by atoms with Crippen LogP contribution in [0.3, 0.4) is 0 Å². The molecule has 0 saturated heterocycles. The number of thioether (sulfide) groups is 1. The Labute approximate surface area is 137 Å². The van der Waals surface area contributed by atoms with Gasteiger partial charge in [-0.3, -0.25) is 0 Å². The van der Waals surface area contributed by atoms with Crippen LogP contribution in [0.5, 0.6) is 0 Å². The van der Waals surface area contributed by atoms with E-state index in [2.05, 4.69) is 15.0 Å². The van der Waals surface area contributed by atoms with E-state index in [1.807, 2.05) is 54.6 Å². The van der Waals surface area contributed by atoms with Gasteiger partial charge in [-0.1, -0.05) is 48.2 Å². The average molecular weight is 319 g/mol. The SMILES string of the molecule is c1ccc(-c2nc(CSc3ncnc4ccccc34)co2)cc1. The van der Waals surface area contributed by atoms with Crippen molar-refractivity contribution in [3.05, 3.63) is 72.9 Å². The van der Waals surface area contributed by atoms with Gasteiger partial charge in [-0.05, 0) is 18.2 Å². The van der Waals surface area contributed by atoms with Crippen LogP contribution in [0, 0.1) is 0 Å². The Morgan fingerprint density at radius 1 is 0.913 bits per heavy atom. The van der Waals surface area contributed by atoms with E-state index in [9.17, 15) is 0 Å². The lowest BCUT2D eigenvalue weighted by Gasteiger charge is -2.02. The third kappa shape index (κ3) is 2.96. The zero-order valence-corrected chi connectivity index (χ0v) is 13.0. The summed E-state index contributed by atoms with van der Waals surface area (Å²) in [6.07, 6.45) is 3.31. The van der Waals surface area contributed by atoms with Crippen molar-refractivity contribution in [3.63, 3.8) is 0 Å². The predicted molar refractivity (Wildman–Crippen MR) is 91.0 cm³/mol. The quantitative estimate of drug-likeness (QED) is 0.407. The number of aromatic nitrogens is 3. The van der Waals surface area contributed by atoms with Crippen LogP contribution in [-0.2, 0) is 5.75 Å². The van der Waals surface area contributed by atoms with Gasteiger partial charge in [-0.15, -0.1) is 0 Å². The number of hydrogen-bond donors (Lipinski definition) is 0. The summed E-state index contributed by atoms with van der Waals surface area (Å²) in [5.74, 6) is 1.35. The minimum atomic E-state index is 0.647. The van der Waals surface area contributed by atoms with Gasteiger partial charge in [0.05, 0.1) is 11.2 Å². The van der Waals surface area contributed by atoms with Crippen molar-refractivity contribution < 1.29 is 4.42 Å². The smallest absolute Gasteiger partial charge is 0.226 e. The number of fused-ring (bicyclic) bond motifs is 1. The Kier molecular flexibility index (Phi) is 3.78. The van der Waals surface area contributed by atoms with E-state index in [-0.39, 0.29) is 0 Å². The van der Waals surface area contributed by atoms with Gasteiger partial charge in [0, 0.05) is 16.7 Å². The molecule has 0 bridgehead atoms. The fourth-order valence-electron chi connectivity index (χ4n) is 2.32. The van der Waals surface area contributed by atoms with E-state index >= 15 is 0 Å². The van der Waals surface area contributed by atoms with Crippen LogP contribution in [0.4, 0.5) is 0 Å². The van der Waals surface area contributed by atoms with E-state index in [0.717, 1.165) is 27.2 Å². The maximum absolute atomic E-state index is 5.57. The molecule has 23 heavy (non-hydrogen) atoms. The lowest BCUT2D eigenvalue weighted by atomic mass is 10.2. The Bertz CT molecular complexity index is 932. The van der Waals surface area contributed by atoms with Crippen LogP contribution in [0.2, 0.25) is 0 Å². The first-order chi connectivity index (χ1) is 11.4. The van der Waals surface area contributed by atoms with Gasteiger partial charge in [0.2, 0.25) is 5.89 Å². The van der Waals surface area contributed by atoms with Gasteiger partial charge in [0.15, 0.2) is 0 Å². The van der Waals surface area contributed by atoms with E-state index < -0.39 is 0 Å². The van der Waals surface area contributed by atoms with Crippen molar-refractivity contribution in [2.45, 2.75) is 10.8 Å². The molecule has 0 aliphatic heterocycles. The van der Waals surface area contributed by atoms with Crippen molar-refractivity contribution in [1.29, 1.82) is 0 Å². The maximum Gasteiger partial charge on any atom is 0.226 e. The molecule has 0 atom stereocenters. The first-order valence-corrected chi connectivity index (χ1v) is 8.21. The van der Waals surface area contributed by atoms with Gasteiger partial charge in [-0.25, -0.2) is 15.0 Å². The summed E-state index contributed by atoms with van der Waals surface area (Å²) in [7, 11) is 0. The number of nitrogens with zero attached hydrogens (tertiary/aromatic N) is 3. The molecule has 0 aliphatic rings. The lowest BCUT2D eigenvalue weighted by Crippen LogP contribution is -1.88. The molecular weight excluding hydrogens is 306 g/mol. The largest absolute Gasteiger partial charge is 0.444 e. The summed E-state index contributed by atoms with van der Waals surface area (Å²) < 4.78 is 5.57.